The molecule has 1 aliphatic rings. The van der Waals surface area contributed by atoms with E-state index in [1.54, 1.807) is 12.1 Å². The SMILES string of the molecule is O=C(c1cccc(COc2c(Cl)cc(Cl)cc2Cl)c1)N1CCN(Cc2ccc(Cl)c(Cl)c2)CC1. The Kier molecular flexibility index (Phi) is 8.52. The highest BCUT2D eigenvalue weighted by molar-refractivity contribution is 6.42. The maximum atomic E-state index is 13.1. The van der Waals surface area contributed by atoms with Crippen molar-refractivity contribution >= 4 is 63.9 Å². The van der Waals surface area contributed by atoms with E-state index in [4.69, 9.17) is 62.7 Å². The van der Waals surface area contributed by atoms with Crippen LogP contribution >= 0.6 is 58.0 Å². The van der Waals surface area contributed by atoms with Gasteiger partial charge < -0.3 is 9.64 Å². The largest absolute Gasteiger partial charge is 0.486 e. The summed E-state index contributed by atoms with van der Waals surface area (Å²) in [6, 6.07) is 16.2. The van der Waals surface area contributed by atoms with Crippen molar-refractivity contribution in [2.45, 2.75) is 13.2 Å². The first-order valence-corrected chi connectivity index (χ1v) is 12.5. The smallest absolute Gasteiger partial charge is 0.253 e. The van der Waals surface area contributed by atoms with Gasteiger partial charge in [-0.05, 0) is 47.5 Å². The molecule has 1 amide bonds. The fourth-order valence-electron chi connectivity index (χ4n) is 3.80. The normalized spacial score (nSPS) is 14.3. The van der Waals surface area contributed by atoms with Crippen molar-refractivity contribution in [2.24, 2.45) is 0 Å². The third kappa shape index (κ3) is 6.31. The summed E-state index contributed by atoms with van der Waals surface area (Å²) in [5, 5.41) is 2.21. The monoisotopic (exact) mass is 556 g/mol. The van der Waals surface area contributed by atoms with Gasteiger partial charge in [-0.2, -0.15) is 0 Å². The summed E-state index contributed by atoms with van der Waals surface area (Å²) in [6.45, 7) is 3.85. The lowest BCUT2D eigenvalue weighted by Crippen LogP contribution is -2.48. The maximum absolute atomic E-state index is 13.1. The summed E-state index contributed by atoms with van der Waals surface area (Å²) < 4.78 is 5.80. The van der Waals surface area contributed by atoms with E-state index in [2.05, 4.69) is 4.90 Å². The van der Waals surface area contributed by atoms with E-state index in [0.717, 1.165) is 30.8 Å². The van der Waals surface area contributed by atoms with Crippen LogP contribution in [-0.4, -0.2) is 41.9 Å². The zero-order chi connectivity index (χ0) is 24.2. The van der Waals surface area contributed by atoms with Crippen LogP contribution in [0.5, 0.6) is 5.75 Å². The fourth-order valence-corrected chi connectivity index (χ4v) is 5.05. The Balaban J connectivity index is 1.34. The molecule has 178 valence electrons. The van der Waals surface area contributed by atoms with Gasteiger partial charge in [0.2, 0.25) is 0 Å². The Labute approximate surface area is 223 Å². The minimum absolute atomic E-state index is 0.00130. The number of carbonyl (C=O) groups is 1. The van der Waals surface area contributed by atoms with Crippen LogP contribution < -0.4 is 4.74 Å². The van der Waals surface area contributed by atoms with Gasteiger partial charge in [-0.25, -0.2) is 0 Å². The zero-order valence-electron chi connectivity index (χ0n) is 18.0. The standard InChI is InChI=1S/C25H21Cl5N2O2/c26-19-12-22(29)24(23(30)13-19)34-15-17-2-1-3-18(10-17)25(33)32-8-6-31(7-9-32)14-16-4-5-20(27)21(28)11-16/h1-5,10-13H,6-9,14-15H2. The first-order chi connectivity index (χ1) is 16.3. The number of rotatable bonds is 6. The molecule has 1 aliphatic heterocycles. The molecule has 0 atom stereocenters. The van der Waals surface area contributed by atoms with Crippen molar-refractivity contribution in [3.8, 4) is 5.75 Å². The molecule has 4 rings (SSSR count). The molecule has 0 aliphatic carbocycles. The van der Waals surface area contributed by atoms with Crippen LogP contribution in [0.15, 0.2) is 54.6 Å². The Morgan fingerprint density at radius 2 is 1.47 bits per heavy atom. The Morgan fingerprint density at radius 3 is 2.15 bits per heavy atom. The Morgan fingerprint density at radius 1 is 0.765 bits per heavy atom. The number of halogens is 5. The number of amides is 1. The number of hydrogen-bond acceptors (Lipinski definition) is 3. The average molecular weight is 559 g/mol. The zero-order valence-corrected chi connectivity index (χ0v) is 21.8. The van der Waals surface area contributed by atoms with Crippen molar-refractivity contribution in [2.75, 3.05) is 26.2 Å². The predicted molar refractivity (Wildman–Crippen MR) is 140 cm³/mol. The topological polar surface area (TPSA) is 32.8 Å². The molecule has 3 aromatic carbocycles. The molecule has 0 N–H and O–H groups in total. The molecule has 0 spiro atoms. The second-order valence-corrected chi connectivity index (χ2v) is 10.1. The van der Waals surface area contributed by atoms with Gasteiger partial charge in [0.15, 0.2) is 5.75 Å². The number of hydrogen-bond donors (Lipinski definition) is 0. The van der Waals surface area contributed by atoms with Crippen LogP contribution in [0.2, 0.25) is 25.1 Å². The summed E-state index contributed by atoms with van der Waals surface area (Å²) in [5.41, 5.74) is 2.56. The van der Waals surface area contributed by atoms with Crippen molar-refractivity contribution in [1.29, 1.82) is 0 Å². The summed E-state index contributed by atoms with van der Waals surface area (Å²) in [4.78, 5) is 17.3. The first-order valence-electron chi connectivity index (χ1n) is 10.6. The van der Waals surface area contributed by atoms with Crippen molar-refractivity contribution in [3.05, 3.63) is 96.4 Å². The summed E-state index contributed by atoms with van der Waals surface area (Å²) in [7, 11) is 0. The molecule has 34 heavy (non-hydrogen) atoms. The van der Waals surface area contributed by atoms with Crippen molar-refractivity contribution < 1.29 is 9.53 Å². The van der Waals surface area contributed by atoms with Crippen LogP contribution in [0.4, 0.5) is 0 Å². The van der Waals surface area contributed by atoms with Gasteiger partial charge in [0, 0.05) is 43.3 Å². The molecule has 9 heteroatoms. The van der Waals surface area contributed by atoms with Gasteiger partial charge in [-0.1, -0.05) is 76.2 Å². The molecule has 3 aromatic rings. The van der Waals surface area contributed by atoms with Gasteiger partial charge in [-0.3, -0.25) is 9.69 Å². The van der Waals surface area contributed by atoms with Crippen molar-refractivity contribution in [3.63, 3.8) is 0 Å². The molecule has 0 aromatic heterocycles. The van der Waals surface area contributed by atoms with E-state index >= 15 is 0 Å². The third-order valence-electron chi connectivity index (χ3n) is 5.57. The molecule has 4 nitrogen and oxygen atoms in total. The van der Waals surface area contributed by atoms with E-state index < -0.39 is 0 Å². The van der Waals surface area contributed by atoms with Crippen LogP contribution in [-0.2, 0) is 13.2 Å². The fraction of sp³-hybridized carbons (Fsp3) is 0.240. The number of carbonyl (C=O) groups excluding carboxylic acids is 1. The lowest BCUT2D eigenvalue weighted by atomic mass is 10.1. The van der Waals surface area contributed by atoms with Gasteiger partial charge in [0.25, 0.3) is 5.91 Å². The number of ether oxygens (including phenoxy) is 1. The summed E-state index contributed by atoms with van der Waals surface area (Å²) >= 11 is 30.5. The molecule has 0 saturated carbocycles. The quantitative estimate of drug-likeness (QED) is 0.314. The van der Waals surface area contributed by atoms with E-state index in [1.807, 2.05) is 47.4 Å². The van der Waals surface area contributed by atoms with E-state index in [-0.39, 0.29) is 12.5 Å². The van der Waals surface area contributed by atoms with Crippen LogP contribution in [0.3, 0.4) is 0 Å². The molecule has 1 saturated heterocycles. The lowest BCUT2D eigenvalue weighted by Gasteiger charge is -2.35. The van der Waals surface area contributed by atoms with Gasteiger partial charge in [0.1, 0.15) is 6.61 Å². The van der Waals surface area contributed by atoms with Gasteiger partial charge in [0.05, 0.1) is 20.1 Å². The maximum Gasteiger partial charge on any atom is 0.253 e. The third-order valence-corrected chi connectivity index (χ3v) is 7.09. The second-order valence-electron chi connectivity index (χ2n) is 8.00. The molecule has 0 unspecified atom stereocenters. The highest BCUT2D eigenvalue weighted by atomic mass is 35.5. The van der Waals surface area contributed by atoms with Crippen molar-refractivity contribution in [1.82, 2.24) is 9.80 Å². The molecular formula is C25H21Cl5N2O2. The highest BCUT2D eigenvalue weighted by Crippen LogP contribution is 2.36. The van der Waals surface area contributed by atoms with E-state index in [0.29, 0.717) is 49.5 Å². The van der Waals surface area contributed by atoms with E-state index in [1.165, 1.54) is 0 Å². The van der Waals surface area contributed by atoms with E-state index in [9.17, 15) is 4.79 Å². The minimum atomic E-state index is -0.00130. The lowest BCUT2D eigenvalue weighted by molar-refractivity contribution is 0.0628. The molecule has 0 radical (unpaired) electrons. The number of benzene rings is 3. The first kappa shape index (κ1) is 25.4. The highest BCUT2D eigenvalue weighted by Gasteiger charge is 2.22. The van der Waals surface area contributed by atoms with Crippen LogP contribution in [0, 0.1) is 0 Å². The van der Waals surface area contributed by atoms with Crippen LogP contribution in [0.25, 0.3) is 0 Å². The summed E-state index contributed by atoms with van der Waals surface area (Å²) in [6.07, 6.45) is 0. The van der Waals surface area contributed by atoms with Gasteiger partial charge >= 0.3 is 0 Å². The second kappa shape index (κ2) is 11.4. The summed E-state index contributed by atoms with van der Waals surface area (Å²) in [5.74, 6) is 0.362. The Bertz CT molecular complexity index is 1170. The minimum Gasteiger partial charge on any atom is -0.486 e. The number of piperazine rings is 1. The molecule has 0 bridgehead atoms. The Hall–Kier alpha value is -1.66. The average Bonchev–Trinajstić information content (AvgIpc) is 2.81. The predicted octanol–water partition coefficient (Wildman–Crippen LogP) is 7.49. The molecule has 1 fully saturated rings. The molecular weight excluding hydrogens is 538 g/mol. The van der Waals surface area contributed by atoms with Gasteiger partial charge in [-0.15, -0.1) is 0 Å². The number of nitrogens with zero attached hydrogens (tertiary/aromatic N) is 2. The van der Waals surface area contributed by atoms with Crippen LogP contribution in [0.1, 0.15) is 21.5 Å². The molecule has 1 heterocycles.